The number of carbonyl (C=O) groups is 2. The van der Waals surface area contributed by atoms with Crippen molar-refractivity contribution in [1.29, 1.82) is 0 Å². The summed E-state index contributed by atoms with van der Waals surface area (Å²) in [7, 11) is 0. The van der Waals surface area contributed by atoms with Crippen LogP contribution in [0.25, 0.3) is 0 Å². The summed E-state index contributed by atoms with van der Waals surface area (Å²) in [6.07, 6.45) is -0.939. The Kier molecular flexibility index (Phi) is 13.3. The molecular formula is C19H40IN5O4. The van der Waals surface area contributed by atoms with Crippen molar-refractivity contribution in [2.75, 3.05) is 26.2 Å². The average molecular weight is 529 g/mol. The summed E-state index contributed by atoms with van der Waals surface area (Å²) in [6, 6.07) is 0. The van der Waals surface area contributed by atoms with E-state index < -0.39 is 28.9 Å². The molecule has 0 atom stereocenters. The lowest BCUT2D eigenvalue weighted by Gasteiger charge is -2.27. The number of alkyl carbamates (subject to hydrolysis) is 2. The molecule has 0 saturated carbocycles. The Morgan fingerprint density at radius 1 is 0.793 bits per heavy atom. The Morgan fingerprint density at radius 2 is 1.28 bits per heavy atom. The van der Waals surface area contributed by atoms with Gasteiger partial charge in [-0.2, -0.15) is 0 Å². The van der Waals surface area contributed by atoms with Gasteiger partial charge in [0.05, 0.1) is 12.1 Å². The van der Waals surface area contributed by atoms with E-state index in [1.165, 1.54) is 0 Å². The van der Waals surface area contributed by atoms with E-state index in [1.54, 1.807) is 0 Å². The molecule has 0 radical (unpaired) electrons. The van der Waals surface area contributed by atoms with E-state index in [-0.39, 0.29) is 24.0 Å². The van der Waals surface area contributed by atoms with Gasteiger partial charge in [-0.1, -0.05) is 0 Å². The highest BCUT2D eigenvalue weighted by atomic mass is 127. The first-order valence-corrected chi connectivity index (χ1v) is 9.64. The Bertz CT molecular complexity index is 540. The van der Waals surface area contributed by atoms with Crippen LogP contribution in [0.2, 0.25) is 0 Å². The molecule has 0 aromatic heterocycles. The van der Waals surface area contributed by atoms with Crippen LogP contribution in [0.5, 0.6) is 0 Å². The molecule has 2 amide bonds. The molecule has 0 aliphatic carbocycles. The number of guanidine groups is 1. The molecular weight excluding hydrogens is 489 g/mol. The summed E-state index contributed by atoms with van der Waals surface area (Å²) in [6.45, 7) is 18.5. The molecule has 0 heterocycles. The zero-order chi connectivity index (χ0) is 22.0. The van der Waals surface area contributed by atoms with Crippen LogP contribution < -0.4 is 21.3 Å². The Labute approximate surface area is 192 Å². The molecule has 0 bridgehead atoms. The highest BCUT2D eigenvalue weighted by Crippen LogP contribution is 2.10. The van der Waals surface area contributed by atoms with Crippen LogP contribution in [0.3, 0.4) is 0 Å². The fourth-order valence-electron chi connectivity index (χ4n) is 1.90. The van der Waals surface area contributed by atoms with Gasteiger partial charge in [0.2, 0.25) is 0 Å². The number of rotatable bonds is 7. The Hall–Kier alpha value is -1.46. The second kappa shape index (κ2) is 13.0. The average Bonchev–Trinajstić information content (AvgIpc) is 2.44. The molecule has 10 heteroatoms. The van der Waals surface area contributed by atoms with Crippen LogP contribution in [0.1, 0.15) is 62.3 Å². The molecule has 0 aromatic carbocycles. The minimum atomic E-state index is -0.584. The molecule has 0 aliphatic rings. The zero-order valence-electron chi connectivity index (χ0n) is 19.3. The van der Waals surface area contributed by atoms with Crippen LogP contribution in [0.15, 0.2) is 4.99 Å². The van der Waals surface area contributed by atoms with E-state index in [1.807, 2.05) is 62.3 Å². The van der Waals surface area contributed by atoms with Gasteiger partial charge in [-0.25, -0.2) is 9.59 Å². The number of halogens is 1. The second-order valence-electron chi connectivity index (χ2n) is 9.06. The lowest BCUT2D eigenvalue weighted by molar-refractivity contribution is 0.0473. The lowest BCUT2D eigenvalue weighted by atomic mass is 10.1. The quantitative estimate of drug-likeness (QED) is 0.175. The Balaban J connectivity index is 0. The van der Waals surface area contributed by atoms with Crippen LogP contribution in [0.4, 0.5) is 9.59 Å². The van der Waals surface area contributed by atoms with Gasteiger partial charge >= 0.3 is 12.2 Å². The maximum atomic E-state index is 12.0. The number of carbonyl (C=O) groups excluding carboxylic acids is 2. The van der Waals surface area contributed by atoms with Gasteiger partial charge in [0.25, 0.3) is 0 Å². The summed E-state index contributed by atoms with van der Waals surface area (Å²) >= 11 is 0. The smallest absolute Gasteiger partial charge is 0.408 e. The SMILES string of the molecule is CCNC(=NCC(C)(C)NC(=O)OC(C)(C)C)NCCNC(=O)OC(C)(C)C.I. The first kappa shape index (κ1) is 29.7. The maximum Gasteiger partial charge on any atom is 0.408 e. The summed E-state index contributed by atoms with van der Waals surface area (Å²) < 4.78 is 10.5. The van der Waals surface area contributed by atoms with E-state index in [9.17, 15) is 9.59 Å². The number of nitrogens with one attached hydrogen (secondary N) is 4. The largest absolute Gasteiger partial charge is 0.444 e. The minimum Gasteiger partial charge on any atom is -0.444 e. The number of aliphatic imine (C=N–C) groups is 1. The van der Waals surface area contributed by atoms with Gasteiger partial charge in [0.1, 0.15) is 11.2 Å². The minimum absolute atomic E-state index is 0. The summed E-state index contributed by atoms with van der Waals surface area (Å²) in [5.74, 6) is 0.590. The van der Waals surface area contributed by atoms with Gasteiger partial charge in [-0.05, 0) is 62.3 Å². The molecule has 172 valence electrons. The monoisotopic (exact) mass is 529 g/mol. The summed E-state index contributed by atoms with van der Waals surface area (Å²) in [4.78, 5) is 28.1. The molecule has 0 spiro atoms. The lowest BCUT2D eigenvalue weighted by Crippen LogP contribution is -2.49. The van der Waals surface area contributed by atoms with Crippen molar-refractivity contribution >= 4 is 42.1 Å². The first-order chi connectivity index (χ1) is 12.6. The predicted molar refractivity (Wildman–Crippen MR) is 127 cm³/mol. The van der Waals surface area contributed by atoms with Crippen molar-refractivity contribution in [3.05, 3.63) is 0 Å². The van der Waals surface area contributed by atoms with Crippen molar-refractivity contribution < 1.29 is 19.1 Å². The highest BCUT2D eigenvalue weighted by Gasteiger charge is 2.24. The topological polar surface area (TPSA) is 113 Å². The number of ether oxygens (including phenoxy) is 2. The first-order valence-electron chi connectivity index (χ1n) is 9.64. The van der Waals surface area contributed by atoms with Crippen molar-refractivity contribution in [2.24, 2.45) is 4.99 Å². The van der Waals surface area contributed by atoms with Crippen molar-refractivity contribution in [3.8, 4) is 0 Å². The highest BCUT2D eigenvalue weighted by molar-refractivity contribution is 14.0. The fourth-order valence-corrected chi connectivity index (χ4v) is 1.90. The fraction of sp³-hybridized carbons (Fsp3) is 0.842. The molecule has 4 N–H and O–H groups in total. The molecule has 0 aromatic rings. The molecule has 0 unspecified atom stereocenters. The van der Waals surface area contributed by atoms with Crippen molar-refractivity contribution in [3.63, 3.8) is 0 Å². The van der Waals surface area contributed by atoms with Gasteiger partial charge in [-0.3, -0.25) is 4.99 Å². The summed E-state index contributed by atoms with van der Waals surface area (Å²) in [5, 5.41) is 11.7. The third kappa shape index (κ3) is 18.3. The molecule has 0 rings (SSSR count). The van der Waals surface area contributed by atoms with Crippen molar-refractivity contribution in [1.82, 2.24) is 21.3 Å². The molecule has 9 nitrogen and oxygen atoms in total. The Morgan fingerprint density at radius 3 is 1.76 bits per heavy atom. The number of hydrogen-bond donors (Lipinski definition) is 4. The second-order valence-corrected chi connectivity index (χ2v) is 9.06. The van der Waals surface area contributed by atoms with Gasteiger partial charge < -0.3 is 30.7 Å². The van der Waals surface area contributed by atoms with Gasteiger partial charge in [0.15, 0.2) is 5.96 Å². The number of nitrogens with zero attached hydrogens (tertiary/aromatic N) is 1. The molecule has 0 fully saturated rings. The number of hydrogen-bond acceptors (Lipinski definition) is 5. The molecule has 0 aliphatic heterocycles. The van der Waals surface area contributed by atoms with E-state index in [2.05, 4.69) is 26.3 Å². The maximum absolute atomic E-state index is 12.0. The van der Waals surface area contributed by atoms with Crippen molar-refractivity contribution in [2.45, 2.75) is 79.1 Å². The van der Waals surface area contributed by atoms with Gasteiger partial charge in [0, 0.05) is 19.6 Å². The van der Waals surface area contributed by atoms with Crippen LogP contribution in [-0.4, -0.2) is 61.1 Å². The van der Waals surface area contributed by atoms with E-state index >= 15 is 0 Å². The standard InChI is InChI=1S/C19H39N5O4.HI/c1-10-20-14(21-11-12-22-15(25)27-17(2,3)4)23-13-19(8,9)24-16(26)28-18(5,6)7;/h10-13H2,1-9H3,(H,22,25)(H,24,26)(H2,20,21,23);1H. The molecule has 0 saturated heterocycles. The normalized spacial score (nSPS) is 12.4. The molecule has 29 heavy (non-hydrogen) atoms. The third-order valence-electron chi connectivity index (χ3n) is 2.90. The van der Waals surface area contributed by atoms with Crippen LogP contribution in [-0.2, 0) is 9.47 Å². The zero-order valence-corrected chi connectivity index (χ0v) is 21.6. The van der Waals surface area contributed by atoms with E-state index in [4.69, 9.17) is 9.47 Å². The van der Waals surface area contributed by atoms with Crippen LogP contribution in [0, 0.1) is 0 Å². The third-order valence-corrected chi connectivity index (χ3v) is 2.90. The summed E-state index contributed by atoms with van der Waals surface area (Å²) in [5.41, 5.74) is -1.67. The number of amides is 2. The predicted octanol–water partition coefficient (Wildman–Crippen LogP) is 2.99. The van der Waals surface area contributed by atoms with E-state index in [0.29, 0.717) is 32.1 Å². The van der Waals surface area contributed by atoms with Gasteiger partial charge in [-0.15, -0.1) is 24.0 Å². The van der Waals surface area contributed by atoms with E-state index in [0.717, 1.165) is 0 Å². The van der Waals surface area contributed by atoms with Crippen LogP contribution >= 0.6 is 24.0 Å².